The van der Waals surface area contributed by atoms with Gasteiger partial charge >= 0.3 is 0 Å². The molecule has 0 aromatic rings. The Morgan fingerprint density at radius 3 is 2.88 bits per heavy atom. The summed E-state index contributed by atoms with van der Waals surface area (Å²) in [7, 11) is 0. The maximum Gasteiger partial charge on any atom is 0.0282 e. The molecule has 0 bridgehead atoms. The molecule has 0 aromatic carbocycles. The number of hydrogen-bond donors (Lipinski definition) is 1. The quantitative estimate of drug-likeness (QED) is 0.719. The molecule has 2 nitrogen and oxygen atoms in total. The molecular formula is C14H26N2. The van der Waals surface area contributed by atoms with Crippen LogP contribution in [0.25, 0.3) is 0 Å². The molecule has 1 N–H and O–H groups in total. The Kier molecular flexibility index (Phi) is 4.86. The largest absolute Gasteiger partial charge is 0.317 e. The van der Waals surface area contributed by atoms with Crippen molar-refractivity contribution in [3.63, 3.8) is 0 Å². The monoisotopic (exact) mass is 222 g/mol. The molecule has 0 radical (unpaired) electrons. The van der Waals surface area contributed by atoms with Gasteiger partial charge in [0.15, 0.2) is 0 Å². The summed E-state index contributed by atoms with van der Waals surface area (Å²) in [6, 6.07) is 0.745. The summed E-state index contributed by atoms with van der Waals surface area (Å²) in [5, 5.41) is 3.45. The average Bonchev–Trinajstić information content (AvgIpc) is 2.75. The van der Waals surface area contributed by atoms with Gasteiger partial charge in [0.2, 0.25) is 0 Å². The third kappa shape index (κ3) is 3.33. The molecule has 0 spiro atoms. The second-order valence-electron chi connectivity index (χ2n) is 5.29. The number of rotatable bonds is 5. The highest BCUT2D eigenvalue weighted by Crippen LogP contribution is 2.21. The molecule has 2 heterocycles. The first-order valence-corrected chi connectivity index (χ1v) is 7.01. The Balaban J connectivity index is 1.75. The third-order valence-corrected chi connectivity index (χ3v) is 3.97. The molecule has 92 valence electrons. The van der Waals surface area contributed by atoms with E-state index in [1.165, 1.54) is 58.3 Å². The molecule has 1 atom stereocenters. The van der Waals surface area contributed by atoms with Gasteiger partial charge in [-0.1, -0.05) is 31.9 Å². The molecule has 2 aliphatic heterocycles. The predicted molar refractivity (Wildman–Crippen MR) is 69.6 cm³/mol. The summed E-state index contributed by atoms with van der Waals surface area (Å²) < 4.78 is 0. The van der Waals surface area contributed by atoms with Gasteiger partial charge in [-0.05, 0) is 38.3 Å². The number of piperidine rings is 1. The van der Waals surface area contributed by atoms with Crippen LogP contribution in [0, 0.1) is 5.92 Å². The molecule has 2 rings (SSSR count). The van der Waals surface area contributed by atoms with Gasteiger partial charge in [-0.25, -0.2) is 0 Å². The van der Waals surface area contributed by atoms with Crippen molar-refractivity contribution in [1.29, 1.82) is 0 Å². The van der Waals surface area contributed by atoms with E-state index in [9.17, 15) is 0 Å². The van der Waals surface area contributed by atoms with Gasteiger partial charge in [-0.2, -0.15) is 0 Å². The molecule has 1 unspecified atom stereocenters. The first-order valence-electron chi connectivity index (χ1n) is 7.01. The second kappa shape index (κ2) is 6.41. The predicted octanol–water partition coefficient (Wildman–Crippen LogP) is 2.42. The topological polar surface area (TPSA) is 15.3 Å². The van der Waals surface area contributed by atoms with Crippen LogP contribution in [-0.2, 0) is 0 Å². The van der Waals surface area contributed by atoms with Crippen LogP contribution < -0.4 is 5.32 Å². The second-order valence-corrected chi connectivity index (χ2v) is 5.29. The molecular weight excluding hydrogens is 196 g/mol. The number of unbranched alkanes of at least 4 members (excludes halogenated alkanes) is 1. The summed E-state index contributed by atoms with van der Waals surface area (Å²) in [4.78, 5) is 2.69. The van der Waals surface area contributed by atoms with Crippen LogP contribution in [0.5, 0.6) is 0 Å². The van der Waals surface area contributed by atoms with E-state index in [1.807, 2.05) is 0 Å². The van der Waals surface area contributed by atoms with Crippen LogP contribution in [0.2, 0.25) is 0 Å². The van der Waals surface area contributed by atoms with Crippen LogP contribution in [-0.4, -0.2) is 37.1 Å². The van der Waals surface area contributed by atoms with Gasteiger partial charge in [0, 0.05) is 19.1 Å². The van der Waals surface area contributed by atoms with Crippen molar-refractivity contribution in [1.82, 2.24) is 10.2 Å². The van der Waals surface area contributed by atoms with Crippen molar-refractivity contribution < 1.29 is 0 Å². The lowest BCUT2D eigenvalue weighted by molar-refractivity contribution is 0.195. The van der Waals surface area contributed by atoms with Crippen LogP contribution >= 0.6 is 0 Å². The lowest BCUT2D eigenvalue weighted by Gasteiger charge is -2.31. The summed E-state index contributed by atoms with van der Waals surface area (Å²) in [5.41, 5.74) is 0. The van der Waals surface area contributed by atoms with Crippen LogP contribution in [0.1, 0.15) is 39.0 Å². The van der Waals surface area contributed by atoms with Gasteiger partial charge in [0.25, 0.3) is 0 Å². The van der Waals surface area contributed by atoms with Crippen LogP contribution in [0.15, 0.2) is 12.2 Å². The maximum atomic E-state index is 3.45. The van der Waals surface area contributed by atoms with Crippen molar-refractivity contribution in [2.45, 2.75) is 45.1 Å². The number of nitrogens with one attached hydrogen (secondary N) is 1. The minimum atomic E-state index is 0.745. The zero-order valence-electron chi connectivity index (χ0n) is 10.6. The van der Waals surface area contributed by atoms with Crippen molar-refractivity contribution in [2.24, 2.45) is 5.92 Å². The fraction of sp³-hybridized carbons (Fsp3) is 0.857. The molecule has 1 saturated heterocycles. The SMILES string of the molecule is CCCCC1C=CCN1CC1CCNCC1. The molecule has 16 heavy (non-hydrogen) atoms. The maximum absolute atomic E-state index is 3.45. The fourth-order valence-corrected chi connectivity index (χ4v) is 2.91. The third-order valence-electron chi connectivity index (χ3n) is 3.97. The van der Waals surface area contributed by atoms with Crippen molar-refractivity contribution in [2.75, 3.05) is 26.2 Å². The number of hydrogen-bond acceptors (Lipinski definition) is 2. The minimum absolute atomic E-state index is 0.745. The Morgan fingerprint density at radius 1 is 1.31 bits per heavy atom. The minimum Gasteiger partial charge on any atom is -0.317 e. The molecule has 0 saturated carbocycles. The highest BCUT2D eigenvalue weighted by molar-refractivity contribution is 5.04. The molecule has 1 fully saturated rings. The highest BCUT2D eigenvalue weighted by Gasteiger charge is 2.23. The van der Waals surface area contributed by atoms with Crippen molar-refractivity contribution >= 4 is 0 Å². The summed E-state index contributed by atoms with van der Waals surface area (Å²) >= 11 is 0. The standard InChI is InChI=1S/C14H26N2/c1-2-3-5-14-6-4-11-16(14)12-13-7-9-15-10-8-13/h4,6,13-15H,2-3,5,7-12H2,1H3. The number of nitrogens with zero attached hydrogens (tertiary/aromatic N) is 1. The van der Waals surface area contributed by atoms with Crippen LogP contribution in [0.3, 0.4) is 0 Å². The molecule has 0 aromatic heterocycles. The Labute approximate surface area is 100 Å². The molecule has 2 heteroatoms. The summed E-state index contributed by atoms with van der Waals surface area (Å²) in [6.07, 6.45) is 11.6. The first-order chi connectivity index (χ1) is 7.90. The van der Waals surface area contributed by atoms with E-state index in [1.54, 1.807) is 0 Å². The molecule has 0 amide bonds. The normalized spacial score (nSPS) is 27.7. The highest BCUT2D eigenvalue weighted by atomic mass is 15.2. The van der Waals surface area contributed by atoms with E-state index >= 15 is 0 Å². The van der Waals surface area contributed by atoms with E-state index in [0.717, 1.165) is 12.0 Å². The lowest BCUT2D eigenvalue weighted by atomic mass is 9.97. The van der Waals surface area contributed by atoms with Gasteiger partial charge in [-0.3, -0.25) is 4.90 Å². The fourth-order valence-electron chi connectivity index (χ4n) is 2.91. The van der Waals surface area contributed by atoms with E-state index in [-0.39, 0.29) is 0 Å². The molecule has 2 aliphatic rings. The van der Waals surface area contributed by atoms with E-state index in [2.05, 4.69) is 29.3 Å². The first kappa shape index (κ1) is 12.1. The summed E-state index contributed by atoms with van der Waals surface area (Å²) in [5.74, 6) is 0.935. The van der Waals surface area contributed by atoms with Gasteiger partial charge in [0.1, 0.15) is 0 Å². The van der Waals surface area contributed by atoms with E-state index < -0.39 is 0 Å². The summed E-state index contributed by atoms with van der Waals surface area (Å²) in [6.45, 7) is 7.26. The zero-order chi connectivity index (χ0) is 11.2. The van der Waals surface area contributed by atoms with Crippen molar-refractivity contribution in [3.05, 3.63) is 12.2 Å². The van der Waals surface area contributed by atoms with Crippen molar-refractivity contribution in [3.8, 4) is 0 Å². The Morgan fingerprint density at radius 2 is 2.12 bits per heavy atom. The molecule has 0 aliphatic carbocycles. The van der Waals surface area contributed by atoms with Gasteiger partial charge in [0.05, 0.1) is 0 Å². The van der Waals surface area contributed by atoms with E-state index in [0.29, 0.717) is 0 Å². The zero-order valence-corrected chi connectivity index (χ0v) is 10.6. The van der Waals surface area contributed by atoms with Crippen LogP contribution in [0.4, 0.5) is 0 Å². The van der Waals surface area contributed by atoms with Gasteiger partial charge < -0.3 is 5.32 Å². The lowest BCUT2D eigenvalue weighted by Crippen LogP contribution is -2.38. The Bertz CT molecular complexity index is 219. The van der Waals surface area contributed by atoms with E-state index in [4.69, 9.17) is 0 Å². The smallest absolute Gasteiger partial charge is 0.0282 e. The average molecular weight is 222 g/mol. The Hall–Kier alpha value is -0.340. The van der Waals surface area contributed by atoms with Gasteiger partial charge in [-0.15, -0.1) is 0 Å².